The van der Waals surface area contributed by atoms with Gasteiger partial charge in [-0.05, 0) is 6.07 Å². The van der Waals surface area contributed by atoms with Gasteiger partial charge in [0.15, 0.2) is 0 Å². The first kappa shape index (κ1) is 9.38. The Bertz CT molecular complexity index is 328. The van der Waals surface area contributed by atoms with E-state index in [1.807, 2.05) is 0 Å². The smallest absolute Gasteiger partial charge is 0.269 e. The molecule has 4 heteroatoms. The highest BCUT2D eigenvalue weighted by Crippen LogP contribution is 2.13. The van der Waals surface area contributed by atoms with Gasteiger partial charge in [-0.25, -0.2) is 0 Å². The van der Waals surface area contributed by atoms with Crippen LogP contribution in [0.2, 0.25) is 0 Å². The number of hydrogen-bond donors (Lipinski definition) is 3. The molecule has 13 heavy (non-hydrogen) atoms. The lowest BCUT2D eigenvalue weighted by atomic mass is 10.3. The zero-order chi connectivity index (χ0) is 9.84. The first-order valence-electron chi connectivity index (χ1n) is 3.99. The maximum atomic E-state index is 11.2. The molecule has 0 aliphatic carbocycles. The Balaban J connectivity index is 2.95. The standard InChI is InChI=1S/C9H13N3O/c1-3-4-6-5-7(10)8(12-6)9(13)11-2/h3,5,12H,1,4,10H2,2H3,(H,11,13). The lowest BCUT2D eigenvalue weighted by molar-refractivity contribution is 0.0959. The van der Waals surface area contributed by atoms with Crippen molar-refractivity contribution in [1.29, 1.82) is 0 Å². The second kappa shape index (κ2) is 3.80. The Labute approximate surface area is 76.8 Å². The molecule has 0 saturated heterocycles. The molecule has 1 heterocycles. The summed E-state index contributed by atoms with van der Waals surface area (Å²) in [5.41, 5.74) is 7.40. The number of aromatic nitrogens is 1. The largest absolute Gasteiger partial charge is 0.397 e. The average molecular weight is 179 g/mol. The molecule has 1 aromatic rings. The van der Waals surface area contributed by atoms with Crippen LogP contribution < -0.4 is 11.1 Å². The molecule has 70 valence electrons. The summed E-state index contributed by atoms with van der Waals surface area (Å²) in [6.07, 6.45) is 2.43. The minimum atomic E-state index is -0.201. The number of carbonyl (C=O) groups is 1. The van der Waals surface area contributed by atoms with E-state index in [9.17, 15) is 4.79 Å². The van der Waals surface area contributed by atoms with Gasteiger partial charge in [0, 0.05) is 19.2 Å². The second-order valence-electron chi connectivity index (χ2n) is 2.70. The highest BCUT2D eigenvalue weighted by molar-refractivity contribution is 5.97. The first-order valence-corrected chi connectivity index (χ1v) is 3.99. The Morgan fingerprint density at radius 3 is 3.08 bits per heavy atom. The molecule has 0 spiro atoms. The lowest BCUT2D eigenvalue weighted by Gasteiger charge is -1.96. The van der Waals surface area contributed by atoms with Crippen LogP contribution in [-0.4, -0.2) is 17.9 Å². The van der Waals surface area contributed by atoms with Gasteiger partial charge in [-0.2, -0.15) is 0 Å². The van der Waals surface area contributed by atoms with Gasteiger partial charge in [0.1, 0.15) is 5.69 Å². The number of amides is 1. The van der Waals surface area contributed by atoms with Gasteiger partial charge < -0.3 is 16.0 Å². The number of nitrogens with two attached hydrogens (primary N) is 1. The highest BCUT2D eigenvalue weighted by atomic mass is 16.1. The molecule has 1 aromatic heterocycles. The van der Waals surface area contributed by atoms with Crippen molar-refractivity contribution in [3.63, 3.8) is 0 Å². The van der Waals surface area contributed by atoms with Gasteiger partial charge in [0.2, 0.25) is 0 Å². The molecule has 0 bridgehead atoms. The number of nitrogen functional groups attached to an aromatic ring is 1. The third-order valence-corrected chi connectivity index (χ3v) is 1.72. The zero-order valence-corrected chi connectivity index (χ0v) is 7.55. The maximum absolute atomic E-state index is 11.2. The van der Waals surface area contributed by atoms with Crippen LogP contribution in [0.1, 0.15) is 16.2 Å². The van der Waals surface area contributed by atoms with Crippen molar-refractivity contribution in [3.05, 3.63) is 30.1 Å². The number of aromatic amines is 1. The van der Waals surface area contributed by atoms with Gasteiger partial charge >= 0.3 is 0 Å². The molecule has 0 aromatic carbocycles. The summed E-state index contributed by atoms with van der Waals surface area (Å²) < 4.78 is 0. The zero-order valence-electron chi connectivity index (χ0n) is 7.55. The Kier molecular flexibility index (Phi) is 2.74. The Morgan fingerprint density at radius 2 is 2.54 bits per heavy atom. The van der Waals surface area contributed by atoms with E-state index in [4.69, 9.17) is 5.73 Å². The van der Waals surface area contributed by atoms with E-state index in [1.165, 1.54) is 0 Å². The molecule has 0 atom stereocenters. The Morgan fingerprint density at radius 1 is 1.85 bits per heavy atom. The van der Waals surface area contributed by atoms with Crippen LogP contribution in [0.15, 0.2) is 18.7 Å². The molecule has 0 aliphatic rings. The monoisotopic (exact) mass is 179 g/mol. The summed E-state index contributed by atoms with van der Waals surface area (Å²) in [4.78, 5) is 14.1. The Hall–Kier alpha value is -1.71. The predicted octanol–water partition coefficient (Wildman–Crippen LogP) is 0.685. The summed E-state index contributed by atoms with van der Waals surface area (Å²) >= 11 is 0. The summed E-state index contributed by atoms with van der Waals surface area (Å²) in [7, 11) is 1.57. The van der Waals surface area contributed by atoms with E-state index in [2.05, 4.69) is 16.9 Å². The number of H-pyrrole nitrogens is 1. The fraction of sp³-hybridized carbons (Fsp3) is 0.222. The molecule has 0 unspecified atom stereocenters. The first-order chi connectivity index (χ1) is 6.19. The summed E-state index contributed by atoms with van der Waals surface area (Å²) in [6, 6.07) is 1.74. The SMILES string of the molecule is C=CCc1cc(N)c(C(=O)NC)[nH]1. The van der Waals surface area contributed by atoms with E-state index in [1.54, 1.807) is 19.2 Å². The average Bonchev–Trinajstić information content (AvgIpc) is 2.46. The van der Waals surface area contributed by atoms with E-state index >= 15 is 0 Å². The highest BCUT2D eigenvalue weighted by Gasteiger charge is 2.10. The number of carbonyl (C=O) groups excluding carboxylic acids is 1. The van der Waals surface area contributed by atoms with Gasteiger partial charge in [0.05, 0.1) is 5.69 Å². The number of allylic oxidation sites excluding steroid dienone is 1. The molecule has 0 saturated carbocycles. The third kappa shape index (κ3) is 1.90. The third-order valence-electron chi connectivity index (χ3n) is 1.72. The minimum absolute atomic E-state index is 0.201. The summed E-state index contributed by atoms with van der Waals surface area (Å²) in [5, 5.41) is 2.50. The van der Waals surface area contributed by atoms with Crippen LogP contribution in [0.3, 0.4) is 0 Å². The summed E-state index contributed by atoms with van der Waals surface area (Å²) in [5.74, 6) is -0.201. The van der Waals surface area contributed by atoms with Gasteiger partial charge in [0.25, 0.3) is 5.91 Å². The molecular formula is C9H13N3O. The van der Waals surface area contributed by atoms with Gasteiger partial charge in [-0.15, -0.1) is 6.58 Å². The normalized spacial score (nSPS) is 9.62. The van der Waals surface area contributed by atoms with Crippen LogP contribution >= 0.6 is 0 Å². The second-order valence-corrected chi connectivity index (χ2v) is 2.70. The number of nitrogens with one attached hydrogen (secondary N) is 2. The quantitative estimate of drug-likeness (QED) is 0.597. The molecule has 4 nitrogen and oxygen atoms in total. The number of hydrogen-bond acceptors (Lipinski definition) is 2. The van der Waals surface area contributed by atoms with Crippen molar-refractivity contribution in [3.8, 4) is 0 Å². The van der Waals surface area contributed by atoms with Crippen molar-refractivity contribution in [2.45, 2.75) is 6.42 Å². The van der Waals surface area contributed by atoms with Gasteiger partial charge in [-0.1, -0.05) is 6.08 Å². The van der Waals surface area contributed by atoms with Crippen LogP contribution in [-0.2, 0) is 6.42 Å². The maximum Gasteiger partial charge on any atom is 0.269 e. The lowest BCUT2D eigenvalue weighted by Crippen LogP contribution is -2.19. The van der Waals surface area contributed by atoms with E-state index < -0.39 is 0 Å². The van der Waals surface area contributed by atoms with E-state index in [0.717, 1.165) is 5.69 Å². The molecular weight excluding hydrogens is 166 g/mol. The molecule has 1 rings (SSSR count). The fourth-order valence-electron chi connectivity index (χ4n) is 1.11. The summed E-state index contributed by atoms with van der Waals surface area (Å²) in [6.45, 7) is 3.60. The molecule has 0 radical (unpaired) electrons. The van der Waals surface area contributed by atoms with Crippen molar-refractivity contribution >= 4 is 11.6 Å². The van der Waals surface area contributed by atoms with E-state index in [-0.39, 0.29) is 5.91 Å². The van der Waals surface area contributed by atoms with Crippen molar-refractivity contribution < 1.29 is 4.79 Å². The minimum Gasteiger partial charge on any atom is -0.397 e. The van der Waals surface area contributed by atoms with Crippen LogP contribution in [0.5, 0.6) is 0 Å². The molecule has 0 aliphatic heterocycles. The van der Waals surface area contributed by atoms with Crippen LogP contribution in [0, 0.1) is 0 Å². The van der Waals surface area contributed by atoms with Crippen molar-refractivity contribution in [1.82, 2.24) is 10.3 Å². The van der Waals surface area contributed by atoms with Crippen LogP contribution in [0.25, 0.3) is 0 Å². The fourth-order valence-corrected chi connectivity index (χ4v) is 1.11. The molecule has 0 fully saturated rings. The van der Waals surface area contributed by atoms with Gasteiger partial charge in [-0.3, -0.25) is 4.79 Å². The molecule has 1 amide bonds. The van der Waals surface area contributed by atoms with Crippen LogP contribution in [0.4, 0.5) is 5.69 Å². The van der Waals surface area contributed by atoms with E-state index in [0.29, 0.717) is 17.8 Å². The molecule has 4 N–H and O–H groups in total. The number of anilines is 1. The topological polar surface area (TPSA) is 70.9 Å². The van der Waals surface area contributed by atoms with Crippen molar-refractivity contribution in [2.75, 3.05) is 12.8 Å². The number of rotatable bonds is 3. The predicted molar refractivity (Wildman–Crippen MR) is 52.5 cm³/mol. The van der Waals surface area contributed by atoms with Crippen molar-refractivity contribution in [2.24, 2.45) is 0 Å².